The largest absolute Gasteiger partial charge is 0.0925 e. The Bertz CT molecular complexity index is 345. The van der Waals surface area contributed by atoms with Crippen LogP contribution in [0.25, 0.3) is 0 Å². The summed E-state index contributed by atoms with van der Waals surface area (Å²) in [7, 11) is 0. The second-order valence-electron chi connectivity index (χ2n) is 5.20. The second kappa shape index (κ2) is 6.80. The van der Waals surface area contributed by atoms with E-state index in [1.807, 2.05) is 12.1 Å². The third kappa shape index (κ3) is 3.99. The SMILES string of the molecule is Clc1ccccc1CC(CBr)CC1CCCC1. The number of hydrogen-bond donors (Lipinski definition) is 0. The summed E-state index contributed by atoms with van der Waals surface area (Å²) in [6.45, 7) is 0. The average molecular weight is 316 g/mol. The van der Waals surface area contributed by atoms with Gasteiger partial charge in [-0.1, -0.05) is 71.4 Å². The zero-order valence-electron chi connectivity index (χ0n) is 10.2. The first-order valence-corrected chi connectivity index (χ1v) is 8.09. The highest BCUT2D eigenvalue weighted by atomic mass is 79.9. The van der Waals surface area contributed by atoms with Gasteiger partial charge in [0.25, 0.3) is 0 Å². The molecule has 0 amide bonds. The highest BCUT2D eigenvalue weighted by Gasteiger charge is 2.20. The van der Waals surface area contributed by atoms with Crippen LogP contribution in [0.4, 0.5) is 0 Å². The third-order valence-corrected chi connectivity index (χ3v) is 5.11. The van der Waals surface area contributed by atoms with E-state index in [9.17, 15) is 0 Å². The molecule has 2 heteroatoms. The van der Waals surface area contributed by atoms with Crippen molar-refractivity contribution in [3.05, 3.63) is 34.9 Å². The summed E-state index contributed by atoms with van der Waals surface area (Å²) in [5, 5.41) is 2.01. The Hall–Kier alpha value is -0.0100. The third-order valence-electron chi connectivity index (χ3n) is 3.83. The van der Waals surface area contributed by atoms with Crippen molar-refractivity contribution in [2.45, 2.75) is 38.5 Å². The van der Waals surface area contributed by atoms with Gasteiger partial charge in [0, 0.05) is 10.4 Å². The lowest BCUT2D eigenvalue weighted by Gasteiger charge is -2.19. The molecule has 1 aromatic rings. The van der Waals surface area contributed by atoms with Crippen molar-refractivity contribution in [1.82, 2.24) is 0 Å². The molecule has 1 fully saturated rings. The molecule has 1 saturated carbocycles. The Morgan fingerprint density at radius 1 is 1.24 bits per heavy atom. The molecule has 0 aliphatic heterocycles. The van der Waals surface area contributed by atoms with E-state index in [0.29, 0.717) is 0 Å². The molecule has 0 nitrogen and oxygen atoms in total. The van der Waals surface area contributed by atoms with Crippen LogP contribution in [0.5, 0.6) is 0 Å². The van der Waals surface area contributed by atoms with Crippen molar-refractivity contribution < 1.29 is 0 Å². The fraction of sp³-hybridized carbons (Fsp3) is 0.600. The van der Waals surface area contributed by atoms with E-state index >= 15 is 0 Å². The molecule has 0 spiro atoms. The number of alkyl halides is 1. The molecule has 0 N–H and O–H groups in total. The zero-order chi connectivity index (χ0) is 12.1. The second-order valence-corrected chi connectivity index (χ2v) is 6.26. The van der Waals surface area contributed by atoms with Crippen LogP contribution in [0.1, 0.15) is 37.7 Å². The molecule has 94 valence electrons. The summed E-state index contributed by atoms with van der Waals surface area (Å²) in [6.07, 6.45) is 8.22. The first-order valence-electron chi connectivity index (χ1n) is 6.59. The minimum Gasteiger partial charge on any atom is -0.0925 e. The van der Waals surface area contributed by atoms with Gasteiger partial charge in [-0.2, -0.15) is 0 Å². The number of benzene rings is 1. The van der Waals surface area contributed by atoms with Crippen LogP contribution in [0, 0.1) is 11.8 Å². The smallest absolute Gasteiger partial charge is 0.0438 e. The molecule has 1 aliphatic carbocycles. The van der Waals surface area contributed by atoms with Crippen molar-refractivity contribution in [1.29, 1.82) is 0 Å². The van der Waals surface area contributed by atoms with Gasteiger partial charge >= 0.3 is 0 Å². The molecule has 0 heterocycles. The normalized spacial score (nSPS) is 18.5. The van der Waals surface area contributed by atoms with Crippen LogP contribution in [0.15, 0.2) is 24.3 Å². The van der Waals surface area contributed by atoms with Crippen LogP contribution in [-0.4, -0.2) is 5.33 Å². The Morgan fingerprint density at radius 3 is 2.59 bits per heavy atom. The molecule has 2 rings (SSSR count). The van der Waals surface area contributed by atoms with Crippen molar-refractivity contribution in [2.75, 3.05) is 5.33 Å². The van der Waals surface area contributed by atoms with Gasteiger partial charge in [0.2, 0.25) is 0 Å². The van der Waals surface area contributed by atoms with E-state index in [4.69, 9.17) is 11.6 Å². The van der Waals surface area contributed by atoms with E-state index in [-0.39, 0.29) is 0 Å². The van der Waals surface area contributed by atoms with Gasteiger partial charge in [-0.25, -0.2) is 0 Å². The molecule has 1 unspecified atom stereocenters. The fourth-order valence-corrected chi connectivity index (χ4v) is 3.60. The summed E-state index contributed by atoms with van der Waals surface area (Å²) in [6, 6.07) is 8.25. The van der Waals surface area contributed by atoms with E-state index < -0.39 is 0 Å². The molecule has 0 bridgehead atoms. The van der Waals surface area contributed by atoms with Gasteiger partial charge < -0.3 is 0 Å². The lowest BCUT2D eigenvalue weighted by atomic mass is 9.90. The molecule has 0 aromatic heterocycles. The first-order chi connectivity index (χ1) is 8.29. The standard InChI is InChI=1S/C15H20BrCl/c16-11-13(9-12-5-1-2-6-12)10-14-7-3-4-8-15(14)17/h3-4,7-8,12-13H,1-2,5-6,9-11H2. The summed E-state index contributed by atoms with van der Waals surface area (Å²) in [5.74, 6) is 1.69. The molecule has 0 radical (unpaired) electrons. The van der Waals surface area contributed by atoms with E-state index in [1.54, 1.807) is 0 Å². The minimum absolute atomic E-state index is 0.734. The maximum absolute atomic E-state index is 6.23. The zero-order valence-corrected chi connectivity index (χ0v) is 12.5. The molecule has 0 saturated heterocycles. The summed E-state index contributed by atoms with van der Waals surface area (Å²) < 4.78 is 0. The highest BCUT2D eigenvalue weighted by Crippen LogP contribution is 2.32. The Kier molecular flexibility index (Phi) is 5.37. The topological polar surface area (TPSA) is 0 Å². The fourth-order valence-electron chi connectivity index (χ4n) is 2.89. The van der Waals surface area contributed by atoms with Gasteiger partial charge in [-0.15, -0.1) is 0 Å². The first kappa shape index (κ1) is 13.4. The summed E-state index contributed by atoms with van der Waals surface area (Å²) >= 11 is 9.89. The quantitative estimate of drug-likeness (QED) is 0.632. The van der Waals surface area contributed by atoms with Crippen LogP contribution < -0.4 is 0 Å². The maximum Gasteiger partial charge on any atom is 0.0438 e. The van der Waals surface area contributed by atoms with Gasteiger partial charge in [-0.05, 0) is 36.3 Å². The minimum atomic E-state index is 0.734. The van der Waals surface area contributed by atoms with Crippen LogP contribution in [0.2, 0.25) is 5.02 Å². The predicted octanol–water partition coefficient (Wildman–Crippen LogP) is 5.47. The summed E-state index contributed by atoms with van der Waals surface area (Å²) in [5.41, 5.74) is 1.30. The van der Waals surface area contributed by atoms with Crippen LogP contribution in [-0.2, 0) is 6.42 Å². The van der Waals surface area contributed by atoms with Crippen molar-refractivity contribution in [2.24, 2.45) is 11.8 Å². The lowest BCUT2D eigenvalue weighted by molar-refractivity contribution is 0.402. The average Bonchev–Trinajstić information content (AvgIpc) is 2.84. The molecule has 1 atom stereocenters. The van der Waals surface area contributed by atoms with Gasteiger partial charge in [-0.3, -0.25) is 0 Å². The lowest BCUT2D eigenvalue weighted by Crippen LogP contribution is -2.11. The monoisotopic (exact) mass is 314 g/mol. The van der Waals surface area contributed by atoms with E-state index in [1.165, 1.54) is 37.7 Å². The van der Waals surface area contributed by atoms with Crippen molar-refractivity contribution in [3.8, 4) is 0 Å². The van der Waals surface area contributed by atoms with Gasteiger partial charge in [0.1, 0.15) is 0 Å². The van der Waals surface area contributed by atoms with Crippen molar-refractivity contribution in [3.63, 3.8) is 0 Å². The Balaban J connectivity index is 1.92. The number of rotatable bonds is 5. The van der Waals surface area contributed by atoms with Crippen LogP contribution in [0.3, 0.4) is 0 Å². The molecule has 1 aliphatic rings. The molecule has 17 heavy (non-hydrogen) atoms. The highest BCUT2D eigenvalue weighted by molar-refractivity contribution is 9.09. The summed E-state index contributed by atoms with van der Waals surface area (Å²) in [4.78, 5) is 0. The molecular weight excluding hydrogens is 296 g/mol. The van der Waals surface area contributed by atoms with Gasteiger partial charge in [0.05, 0.1) is 0 Å². The Labute approximate surface area is 118 Å². The van der Waals surface area contributed by atoms with E-state index in [0.717, 1.165) is 28.6 Å². The maximum atomic E-state index is 6.23. The Morgan fingerprint density at radius 2 is 1.94 bits per heavy atom. The van der Waals surface area contributed by atoms with Crippen molar-refractivity contribution >= 4 is 27.5 Å². The van der Waals surface area contributed by atoms with Crippen LogP contribution >= 0.6 is 27.5 Å². The van der Waals surface area contributed by atoms with E-state index in [2.05, 4.69) is 28.1 Å². The number of halogens is 2. The molecular formula is C15H20BrCl. The number of hydrogen-bond acceptors (Lipinski definition) is 0. The molecule has 1 aromatic carbocycles. The van der Waals surface area contributed by atoms with Gasteiger partial charge in [0.15, 0.2) is 0 Å². The predicted molar refractivity (Wildman–Crippen MR) is 79.0 cm³/mol.